The molecular formula is C12H18O4. The summed E-state index contributed by atoms with van der Waals surface area (Å²) in [6.45, 7) is 9.65. The Kier molecular flexibility index (Phi) is 3.85. The minimum atomic E-state index is 0.137. The molecule has 0 aromatic heterocycles. The van der Waals surface area contributed by atoms with Gasteiger partial charge in [0.2, 0.25) is 0 Å². The fraction of sp³-hybridized carbons (Fsp3) is 0.667. The highest BCUT2D eigenvalue weighted by molar-refractivity contribution is 4.94. The molecule has 0 aromatic carbocycles. The Balaban J connectivity index is 1.85. The highest BCUT2D eigenvalue weighted by Gasteiger charge is 2.47. The van der Waals surface area contributed by atoms with Crippen LogP contribution in [0.3, 0.4) is 0 Å². The summed E-state index contributed by atoms with van der Waals surface area (Å²) in [5.41, 5.74) is 0. The zero-order valence-electron chi connectivity index (χ0n) is 9.34. The molecule has 90 valence electrons. The molecule has 0 radical (unpaired) electrons. The first-order valence-electron chi connectivity index (χ1n) is 5.55. The van der Waals surface area contributed by atoms with Gasteiger partial charge in [0.15, 0.2) is 0 Å². The SMILES string of the molecule is C=COCC1COC2C(COC=C)COC12. The largest absolute Gasteiger partial charge is 0.501 e. The van der Waals surface area contributed by atoms with Crippen LogP contribution in [0.15, 0.2) is 25.7 Å². The van der Waals surface area contributed by atoms with Crippen LogP contribution in [0.5, 0.6) is 0 Å². The van der Waals surface area contributed by atoms with Gasteiger partial charge in [0.05, 0.1) is 51.2 Å². The van der Waals surface area contributed by atoms with E-state index in [2.05, 4.69) is 13.2 Å². The molecule has 2 aliphatic rings. The second kappa shape index (κ2) is 5.37. The second-order valence-corrected chi connectivity index (χ2v) is 4.12. The average molecular weight is 226 g/mol. The van der Waals surface area contributed by atoms with Crippen LogP contribution in [-0.4, -0.2) is 38.6 Å². The lowest BCUT2D eigenvalue weighted by Gasteiger charge is -2.16. The zero-order chi connectivity index (χ0) is 11.4. The number of hydrogen-bond acceptors (Lipinski definition) is 4. The maximum absolute atomic E-state index is 5.74. The molecule has 0 spiro atoms. The van der Waals surface area contributed by atoms with Crippen molar-refractivity contribution in [2.45, 2.75) is 12.2 Å². The smallest absolute Gasteiger partial charge is 0.0949 e. The Hall–Kier alpha value is -1.00. The number of hydrogen-bond donors (Lipinski definition) is 0. The summed E-state index contributed by atoms with van der Waals surface area (Å²) in [4.78, 5) is 0. The predicted molar refractivity (Wildman–Crippen MR) is 58.8 cm³/mol. The van der Waals surface area contributed by atoms with Crippen molar-refractivity contribution in [2.75, 3.05) is 26.4 Å². The fourth-order valence-electron chi connectivity index (χ4n) is 2.33. The summed E-state index contributed by atoms with van der Waals surface area (Å²) in [5, 5.41) is 0. The lowest BCUT2D eigenvalue weighted by Crippen LogP contribution is -2.29. The van der Waals surface area contributed by atoms with Gasteiger partial charge in [-0.1, -0.05) is 13.2 Å². The summed E-state index contributed by atoms with van der Waals surface area (Å²) in [6, 6.07) is 0. The first-order chi connectivity index (χ1) is 7.86. The average Bonchev–Trinajstić information content (AvgIpc) is 2.86. The molecule has 4 heteroatoms. The quantitative estimate of drug-likeness (QED) is 0.640. The van der Waals surface area contributed by atoms with Gasteiger partial charge in [-0.05, 0) is 0 Å². The Bertz CT molecular complexity index is 227. The van der Waals surface area contributed by atoms with Crippen LogP contribution in [0.2, 0.25) is 0 Å². The molecule has 0 bridgehead atoms. The van der Waals surface area contributed by atoms with E-state index in [-0.39, 0.29) is 12.2 Å². The van der Waals surface area contributed by atoms with Crippen LogP contribution in [0.4, 0.5) is 0 Å². The standard InChI is InChI=1S/C12H18O4/c1-3-13-5-9-7-15-12-10(6-14-4-2)8-16-11(9)12/h3-4,9-12H,1-2,5-8H2. The van der Waals surface area contributed by atoms with Crippen LogP contribution >= 0.6 is 0 Å². The molecule has 16 heavy (non-hydrogen) atoms. The van der Waals surface area contributed by atoms with Gasteiger partial charge in [-0.3, -0.25) is 0 Å². The van der Waals surface area contributed by atoms with Gasteiger partial charge < -0.3 is 18.9 Å². The third-order valence-electron chi connectivity index (χ3n) is 3.11. The zero-order valence-corrected chi connectivity index (χ0v) is 9.34. The Morgan fingerprint density at radius 3 is 1.75 bits per heavy atom. The summed E-state index contributed by atoms with van der Waals surface area (Å²) >= 11 is 0. The number of fused-ring (bicyclic) bond motifs is 1. The molecule has 0 aliphatic carbocycles. The van der Waals surface area contributed by atoms with Gasteiger partial charge in [-0.2, -0.15) is 0 Å². The lowest BCUT2D eigenvalue weighted by atomic mass is 9.97. The van der Waals surface area contributed by atoms with Crippen molar-refractivity contribution in [3.8, 4) is 0 Å². The van der Waals surface area contributed by atoms with E-state index in [1.54, 1.807) is 0 Å². The van der Waals surface area contributed by atoms with Crippen molar-refractivity contribution >= 4 is 0 Å². The molecule has 2 aliphatic heterocycles. The van der Waals surface area contributed by atoms with Gasteiger partial charge in [0.25, 0.3) is 0 Å². The van der Waals surface area contributed by atoms with Crippen molar-refractivity contribution < 1.29 is 18.9 Å². The summed E-state index contributed by atoms with van der Waals surface area (Å²) < 4.78 is 21.9. The molecule has 0 N–H and O–H groups in total. The van der Waals surface area contributed by atoms with Crippen LogP contribution in [0.1, 0.15) is 0 Å². The molecular weight excluding hydrogens is 208 g/mol. The lowest BCUT2D eigenvalue weighted by molar-refractivity contribution is 0.0433. The van der Waals surface area contributed by atoms with Gasteiger partial charge in [0.1, 0.15) is 0 Å². The van der Waals surface area contributed by atoms with Gasteiger partial charge in [-0.15, -0.1) is 0 Å². The summed E-state index contributed by atoms with van der Waals surface area (Å²) in [7, 11) is 0. The van der Waals surface area contributed by atoms with E-state index in [1.807, 2.05) is 0 Å². The normalized spacial score (nSPS) is 36.8. The minimum absolute atomic E-state index is 0.137. The molecule has 0 saturated carbocycles. The van der Waals surface area contributed by atoms with E-state index in [1.165, 1.54) is 12.5 Å². The molecule has 2 rings (SSSR count). The summed E-state index contributed by atoms with van der Waals surface area (Å²) in [6.07, 6.45) is 3.19. The van der Waals surface area contributed by atoms with Gasteiger partial charge in [0, 0.05) is 11.8 Å². The van der Waals surface area contributed by atoms with Gasteiger partial charge >= 0.3 is 0 Å². The molecule has 0 amide bonds. The maximum Gasteiger partial charge on any atom is 0.0949 e. The third kappa shape index (κ3) is 2.23. The van der Waals surface area contributed by atoms with Crippen LogP contribution in [-0.2, 0) is 18.9 Å². The second-order valence-electron chi connectivity index (χ2n) is 4.12. The molecule has 4 nitrogen and oxygen atoms in total. The van der Waals surface area contributed by atoms with Crippen LogP contribution in [0, 0.1) is 11.8 Å². The van der Waals surface area contributed by atoms with Crippen molar-refractivity contribution in [3.05, 3.63) is 25.7 Å². The Labute approximate surface area is 95.8 Å². The topological polar surface area (TPSA) is 36.9 Å². The molecule has 2 saturated heterocycles. The van der Waals surface area contributed by atoms with E-state index in [0.29, 0.717) is 38.3 Å². The van der Waals surface area contributed by atoms with E-state index in [9.17, 15) is 0 Å². The number of rotatable bonds is 6. The molecule has 0 aromatic rings. The molecule has 2 heterocycles. The van der Waals surface area contributed by atoms with Gasteiger partial charge in [-0.25, -0.2) is 0 Å². The maximum atomic E-state index is 5.74. The molecule has 2 fully saturated rings. The fourth-order valence-corrected chi connectivity index (χ4v) is 2.33. The van der Waals surface area contributed by atoms with Crippen molar-refractivity contribution in [3.63, 3.8) is 0 Å². The molecule has 4 unspecified atom stereocenters. The van der Waals surface area contributed by atoms with Crippen molar-refractivity contribution in [2.24, 2.45) is 11.8 Å². The molecule has 4 atom stereocenters. The first-order valence-corrected chi connectivity index (χ1v) is 5.55. The Morgan fingerprint density at radius 2 is 1.38 bits per heavy atom. The van der Waals surface area contributed by atoms with Crippen LogP contribution < -0.4 is 0 Å². The first kappa shape index (κ1) is 11.5. The third-order valence-corrected chi connectivity index (χ3v) is 3.11. The van der Waals surface area contributed by atoms with E-state index < -0.39 is 0 Å². The van der Waals surface area contributed by atoms with Crippen LogP contribution in [0.25, 0.3) is 0 Å². The highest BCUT2D eigenvalue weighted by atomic mass is 16.6. The van der Waals surface area contributed by atoms with Crippen molar-refractivity contribution in [1.82, 2.24) is 0 Å². The van der Waals surface area contributed by atoms with E-state index >= 15 is 0 Å². The summed E-state index contributed by atoms with van der Waals surface area (Å²) in [5.74, 6) is 0.605. The van der Waals surface area contributed by atoms with E-state index in [0.717, 1.165) is 0 Å². The monoisotopic (exact) mass is 226 g/mol. The Morgan fingerprint density at radius 1 is 0.938 bits per heavy atom. The highest BCUT2D eigenvalue weighted by Crippen LogP contribution is 2.34. The van der Waals surface area contributed by atoms with E-state index in [4.69, 9.17) is 18.9 Å². The number of ether oxygens (including phenoxy) is 4. The minimum Gasteiger partial charge on any atom is -0.501 e. The predicted octanol–water partition coefficient (Wildman–Crippen LogP) is 1.34. The van der Waals surface area contributed by atoms with Crippen molar-refractivity contribution in [1.29, 1.82) is 0 Å².